The molecule has 1 amide bonds. The van der Waals surface area contributed by atoms with Crippen LogP contribution in [0.25, 0.3) is 16.7 Å². The van der Waals surface area contributed by atoms with Gasteiger partial charge in [-0.25, -0.2) is 14.5 Å². The number of imidazole rings is 1. The molecule has 4 rings (SSSR count). The second-order valence-corrected chi connectivity index (χ2v) is 6.73. The lowest BCUT2D eigenvalue weighted by molar-refractivity contribution is 0.0925. The van der Waals surface area contributed by atoms with Gasteiger partial charge in [-0.15, -0.1) is 0 Å². The molecule has 26 heavy (non-hydrogen) atoms. The Labute approximate surface area is 150 Å². The van der Waals surface area contributed by atoms with Crippen molar-refractivity contribution in [2.75, 3.05) is 0 Å². The van der Waals surface area contributed by atoms with E-state index >= 15 is 0 Å². The maximum absolute atomic E-state index is 12.9. The number of aromatic nitrogens is 5. The molecule has 0 fully saturated rings. The van der Waals surface area contributed by atoms with E-state index in [9.17, 15) is 4.79 Å². The molecule has 7 heteroatoms. The van der Waals surface area contributed by atoms with E-state index in [2.05, 4.69) is 39.2 Å². The van der Waals surface area contributed by atoms with Crippen molar-refractivity contribution < 1.29 is 4.79 Å². The average Bonchev–Trinajstić information content (AvgIpc) is 3.22. The van der Waals surface area contributed by atoms with E-state index in [4.69, 9.17) is 0 Å². The van der Waals surface area contributed by atoms with Crippen molar-refractivity contribution in [3.8, 4) is 0 Å². The van der Waals surface area contributed by atoms with Crippen LogP contribution in [0.15, 0.2) is 42.7 Å². The van der Waals surface area contributed by atoms with Gasteiger partial charge in [-0.2, -0.15) is 5.10 Å². The molecular formula is C19H20N6O. The van der Waals surface area contributed by atoms with Crippen LogP contribution < -0.4 is 5.32 Å². The van der Waals surface area contributed by atoms with Crippen LogP contribution >= 0.6 is 0 Å². The molecule has 7 nitrogen and oxygen atoms in total. The molecule has 0 bridgehead atoms. The minimum atomic E-state index is -0.241. The molecule has 1 atom stereocenters. The molecule has 2 N–H and O–H groups in total. The summed E-state index contributed by atoms with van der Waals surface area (Å²) >= 11 is 0. The van der Waals surface area contributed by atoms with Crippen LogP contribution in [0.1, 0.15) is 41.8 Å². The van der Waals surface area contributed by atoms with Crippen molar-refractivity contribution >= 4 is 22.6 Å². The van der Waals surface area contributed by atoms with Crippen LogP contribution in [0.3, 0.4) is 0 Å². The Kier molecular flexibility index (Phi) is 3.91. The van der Waals surface area contributed by atoms with Gasteiger partial charge >= 0.3 is 0 Å². The Hall–Kier alpha value is -3.22. The number of fused-ring (bicyclic) bond motifs is 2. The number of carbonyl (C=O) groups excluding carboxylic acids is 1. The van der Waals surface area contributed by atoms with Crippen molar-refractivity contribution in [3.63, 3.8) is 0 Å². The molecule has 4 aromatic rings. The second kappa shape index (κ2) is 6.25. The summed E-state index contributed by atoms with van der Waals surface area (Å²) in [6, 6.07) is 9.45. The topological polar surface area (TPSA) is 88.0 Å². The SMILES string of the molecule is Cc1ccn2ncc(C(=O)N[C@@H](c3nc4ccccc4[nH]3)C(C)C)c2n1. The number of nitrogens with zero attached hydrogens (tertiary/aromatic N) is 4. The van der Waals surface area contributed by atoms with E-state index in [0.717, 1.165) is 22.6 Å². The lowest BCUT2D eigenvalue weighted by atomic mass is 10.0. The smallest absolute Gasteiger partial charge is 0.257 e. The first kappa shape index (κ1) is 16.3. The van der Waals surface area contributed by atoms with Gasteiger partial charge in [-0.1, -0.05) is 26.0 Å². The number of hydrogen-bond acceptors (Lipinski definition) is 4. The van der Waals surface area contributed by atoms with E-state index in [1.165, 1.54) is 0 Å². The molecule has 0 unspecified atom stereocenters. The standard InChI is InChI=1S/C19H20N6O/c1-11(2)16(17-22-14-6-4-5-7-15(14)23-17)24-19(26)13-10-20-25-9-8-12(3)21-18(13)25/h4-11,16H,1-3H3,(H,22,23)(H,24,26)/t16-/m1/s1. The summed E-state index contributed by atoms with van der Waals surface area (Å²) in [5, 5.41) is 7.29. The minimum absolute atomic E-state index is 0.163. The van der Waals surface area contributed by atoms with E-state index < -0.39 is 0 Å². The number of para-hydroxylation sites is 2. The first-order valence-electron chi connectivity index (χ1n) is 8.59. The zero-order valence-corrected chi connectivity index (χ0v) is 14.9. The molecular weight excluding hydrogens is 328 g/mol. The van der Waals surface area contributed by atoms with Crippen LogP contribution in [-0.4, -0.2) is 30.5 Å². The Morgan fingerprint density at radius 1 is 1.19 bits per heavy atom. The van der Waals surface area contributed by atoms with E-state index in [-0.39, 0.29) is 17.9 Å². The van der Waals surface area contributed by atoms with Crippen LogP contribution in [0.5, 0.6) is 0 Å². The minimum Gasteiger partial charge on any atom is -0.342 e. The molecule has 1 aromatic carbocycles. The van der Waals surface area contributed by atoms with E-state index in [1.807, 2.05) is 37.3 Å². The molecule has 132 valence electrons. The second-order valence-electron chi connectivity index (χ2n) is 6.73. The third kappa shape index (κ3) is 2.81. The lowest BCUT2D eigenvalue weighted by Crippen LogP contribution is -2.32. The fourth-order valence-electron chi connectivity index (χ4n) is 3.01. The van der Waals surface area contributed by atoms with Gasteiger partial charge < -0.3 is 10.3 Å². The zero-order valence-electron chi connectivity index (χ0n) is 14.9. The Balaban J connectivity index is 1.67. The maximum Gasteiger partial charge on any atom is 0.257 e. The van der Waals surface area contributed by atoms with E-state index in [1.54, 1.807) is 16.9 Å². The third-order valence-electron chi connectivity index (χ3n) is 4.41. The largest absolute Gasteiger partial charge is 0.342 e. The van der Waals surface area contributed by atoms with Crippen LogP contribution in [0.2, 0.25) is 0 Å². The van der Waals surface area contributed by atoms with Crippen LogP contribution in [0, 0.1) is 12.8 Å². The van der Waals surface area contributed by atoms with Crippen LogP contribution in [0.4, 0.5) is 0 Å². The predicted octanol–water partition coefficient (Wildman–Crippen LogP) is 3.04. The molecule has 3 heterocycles. The van der Waals surface area contributed by atoms with E-state index in [0.29, 0.717) is 11.2 Å². The lowest BCUT2D eigenvalue weighted by Gasteiger charge is -2.20. The van der Waals surface area contributed by atoms with Gasteiger partial charge in [0.1, 0.15) is 11.4 Å². The van der Waals surface area contributed by atoms with Crippen molar-refractivity contribution in [2.45, 2.75) is 26.8 Å². The fraction of sp³-hybridized carbons (Fsp3) is 0.263. The van der Waals surface area contributed by atoms with Gasteiger partial charge in [0.15, 0.2) is 5.65 Å². The summed E-state index contributed by atoms with van der Waals surface area (Å²) in [7, 11) is 0. The number of rotatable bonds is 4. The molecule has 0 radical (unpaired) electrons. The van der Waals surface area contributed by atoms with Gasteiger partial charge in [-0.3, -0.25) is 4.79 Å². The first-order valence-corrected chi connectivity index (χ1v) is 8.59. The monoisotopic (exact) mass is 348 g/mol. The number of H-pyrrole nitrogens is 1. The molecule has 0 saturated carbocycles. The quantitative estimate of drug-likeness (QED) is 0.593. The summed E-state index contributed by atoms with van der Waals surface area (Å²) < 4.78 is 1.60. The number of benzene rings is 1. The summed E-state index contributed by atoms with van der Waals surface area (Å²) in [4.78, 5) is 25.3. The Morgan fingerprint density at radius 2 is 2.00 bits per heavy atom. The molecule has 0 spiro atoms. The van der Waals surface area contributed by atoms with Gasteiger partial charge in [0.25, 0.3) is 5.91 Å². The zero-order chi connectivity index (χ0) is 18.3. The Morgan fingerprint density at radius 3 is 2.77 bits per heavy atom. The number of nitrogens with one attached hydrogen (secondary N) is 2. The number of aromatic amines is 1. The highest BCUT2D eigenvalue weighted by Crippen LogP contribution is 2.23. The number of carbonyl (C=O) groups is 1. The molecule has 0 aliphatic carbocycles. The molecule has 0 aliphatic heterocycles. The summed E-state index contributed by atoms with van der Waals surface area (Å²) in [5.74, 6) is 0.698. The summed E-state index contributed by atoms with van der Waals surface area (Å²) in [5.41, 5.74) is 3.68. The maximum atomic E-state index is 12.9. The normalized spacial score (nSPS) is 12.8. The average molecular weight is 348 g/mol. The third-order valence-corrected chi connectivity index (χ3v) is 4.41. The van der Waals surface area contributed by atoms with Gasteiger partial charge in [-0.05, 0) is 31.0 Å². The summed E-state index contributed by atoms with van der Waals surface area (Å²) in [6.07, 6.45) is 3.35. The fourth-order valence-corrected chi connectivity index (χ4v) is 3.01. The molecule has 0 saturated heterocycles. The molecule has 0 aliphatic rings. The van der Waals surface area contributed by atoms with Crippen molar-refractivity contribution in [3.05, 3.63) is 59.8 Å². The van der Waals surface area contributed by atoms with Crippen molar-refractivity contribution in [1.29, 1.82) is 0 Å². The predicted molar refractivity (Wildman–Crippen MR) is 98.9 cm³/mol. The highest BCUT2D eigenvalue weighted by Gasteiger charge is 2.24. The van der Waals surface area contributed by atoms with Crippen molar-refractivity contribution in [1.82, 2.24) is 29.9 Å². The van der Waals surface area contributed by atoms with Gasteiger partial charge in [0, 0.05) is 11.9 Å². The number of aryl methyl sites for hydroxylation is 1. The van der Waals surface area contributed by atoms with Crippen molar-refractivity contribution in [2.24, 2.45) is 5.92 Å². The van der Waals surface area contributed by atoms with Gasteiger partial charge in [0.05, 0.1) is 23.3 Å². The molecule has 3 aromatic heterocycles. The number of hydrogen-bond donors (Lipinski definition) is 2. The number of amides is 1. The summed E-state index contributed by atoms with van der Waals surface area (Å²) in [6.45, 7) is 5.99. The first-order chi connectivity index (χ1) is 12.5. The Bertz CT molecular complexity index is 1060. The van der Waals surface area contributed by atoms with Crippen LogP contribution in [-0.2, 0) is 0 Å². The highest BCUT2D eigenvalue weighted by atomic mass is 16.1. The highest BCUT2D eigenvalue weighted by molar-refractivity contribution is 5.99. The van der Waals surface area contributed by atoms with Gasteiger partial charge in [0.2, 0.25) is 0 Å².